The number of benzene rings is 1. The molecule has 106 valence electrons. The summed E-state index contributed by atoms with van der Waals surface area (Å²) in [6.07, 6.45) is 1.24. The van der Waals surface area contributed by atoms with Gasteiger partial charge in [-0.2, -0.15) is 0 Å². The van der Waals surface area contributed by atoms with Gasteiger partial charge in [0.2, 0.25) is 0 Å². The lowest BCUT2D eigenvalue weighted by Gasteiger charge is -2.27. The molecule has 1 aromatic carbocycles. The third-order valence-electron chi connectivity index (χ3n) is 3.73. The van der Waals surface area contributed by atoms with Crippen LogP contribution in [-0.4, -0.2) is 44.9 Å². The number of nitrogens with zero attached hydrogens (tertiary/aromatic N) is 1. The highest BCUT2D eigenvalue weighted by Crippen LogP contribution is 2.28. The molecular weight excluding hydrogens is 247 g/mol. The Bertz CT molecular complexity index is 428. The van der Waals surface area contributed by atoms with Gasteiger partial charge in [-0.05, 0) is 24.1 Å². The van der Waals surface area contributed by atoms with Gasteiger partial charge >= 0.3 is 0 Å². The summed E-state index contributed by atoms with van der Waals surface area (Å²) in [6.45, 7) is 2.22. The molecule has 2 atom stereocenters. The third-order valence-corrected chi connectivity index (χ3v) is 3.73. The summed E-state index contributed by atoms with van der Waals surface area (Å²) in [5.74, 6) is -0.0864. The van der Waals surface area contributed by atoms with E-state index in [1.807, 2.05) is 6.07 Å². The molecule has 4 nitrogen and oxygen atoms in total. The van der Waals surface area contributed by atoms with Gasteiger partial charge in [0.25, 0.3) is 0 Å². The van der Waals surface area contributed by atoms with Gasteiger partial charge < -0.3 is 15.2 Å². The van der Waals surface area contributed by atoms with E-state index in [4.69, 9.17) is 15.2 Å². The Balaban J connectivity index is 2.15. The van der Waals surface area contributed by atoms with Crippen LogP contribution in [0.25, 0.3) is 0 Å². The van der Waals surface area contributed by atoms with Crippen LogP contribution in [0.2, 0.25) is 0 Å². The first-order chi connectivity index (χ1) is 9.19. The molecule has 2 unspecified atom stereocenters. The van der Waals surface area contributed by atoms with Crippen molar-refractivity contribution < 1.29 is 13.9 Å². The highest BCUT2D eigenvalue weighted by molar-refractivity contribution is 5.31. The Morgan fingerprint density at radius 3 is 2.79 bits per heavy atom. The molecule has 5 heteroatoms. The molecular formula is C14H21FN2O2. The van der Waals surface area contributed by atoms with Crippen molar-refractivity contribution in [3.63, 3.8) is 0 Å². The van der Waals surface area contributed by atoms with E-state index >= 15 is 0 Å². The fourth-order valence-corrected chi connectivity index (χ4v) is 2.62. The van der Waals surface area contributed by atoms with Crippen molar-refractivity contribution in [2.24, 2.45) is 5.73 Å². The van der Waals surface area contributed by atoms with E-state index in [2.05, 4.69) is 4.90 Å². The van der Waals surface area contributed by atoms with E-state index < -0.39 is 0 Å². The average molecular weight is 268 g/mol. The highest BCUT2D eigenvalue weighted by atomic mass is 19.1. The molecule has 1 aliphatic heterocycles. The van der Waals surface area contributed by atoms with Crippen molar-refractivity contribution in [3.05, 3.63) is 29.6 Å². The zero-order valence-electron chi connectivity index (χ0n) is 11.4. The van der Waals surface area contributed by atoms with Gasteiger partial charge in [-0.3, -0.25) is 4.90 Å². The zero-order chi connectivity index (χ0) is 13.8. The van der Waals surface area contributed by atoms with Crippen LogP contribution in [0.5, 0.6) is 5.75 Å². The van der Waals surface area contributed by atoms with Crippen LogP contribution in [0.1, 0.15) is 18.0 Å². The van der Waals surface area contributed by atoms with E-state index in [1.165, 1.54) is 13.2 Å². The lowest BCUT2D eigenvalue weighted by molar-refractivity contribution is 0.101. The molecule has 2 N–H and O–H groups in total. The first-order valence-electron chi connectivity index (χ1n) is 6.50. The summed E-state index contributed by atoms with van der Waals surface area (Å²) >= 11 is 0. The Kier molecular flexibility index (Phi) is 4.74. The van der Waals surface area contributed by atoms with Crippen LogP contribution in [0.4, 0.5) is 4.39 Å². The summed E-state index contributed by atoms with van der Waals surface area (Å²) in [5, 5.41) is 0. The molecule has 1 fully saturated rings. The second-order valence-corrected chi connectivity index (χ2v) is 4.79. The van der Waals surface area contributed by atoms with Crippen LogP contribution >= 0.6 is 0 Å². The van der Waals surface area contributed by atoms with Crippen LogP contribution in [0.3, 0.4) is 0 Å². The number of halogens is 1. The first-order valence-corrected chi connectivity index (χ1v) is 6.50. The summed E-state index contributed by atoms with van der Waals surface area (Å²) < 4.78 is 24.1. The molecule has 19 heavy (non-hydrogen) atoms. The maximum Gasteiger partial charge on any atom is 0.165 e. The van der Waals surface area contributed by atoms with Gasteiger partial charge in [0.05, 0.1) is 13.2 Å². The SMILES string of the molecule is COc1ccc(C(CN)N2CCC(OC)C2)cc1F. The van der Waals surface area contributed by atoms with Crippen LogP contribution in [-0.2, 0) is 4.74 Å². The highest BCUT2D eigenvalue weighted by Gasteiger charge is 2.28. The van der Waals surface area contributed by atoms with Gasteiger partial charge in [-0.1, -0.05) is 6.07 Å². The number of likely N-dealkylation sites (tertiary alicyclic amines) is 1. The fraction of sp³-hybridized carbons (Fsp3) is 0.571. The summed E-state index contributed by atoms with van der Waals surface area (Å²) in [7, 11) is 3.18. The van der Waals surface area contributed by atoms with Crippen molar-refractivity contribution in [2.45, 2.75) is 18.6 Å². The van der Waals surface area contributed by atoms with Crippen LogP contribution < -0.4 is 10.5 Å². The maximum atomic E-state index is 13.8. The largest absolute Gasteiger partial charge is 0.494 e. The topological polar surface area (TPSA) is 47.7 Å². The molecule has 1 aliphatic rings. The van der Waals surface area contributed by atoms with E-state index in [-0.39, 0.29) is 23.7 Å². The number of rotatable bonds is 5. The van der Waals surface area contributed by atoms with Gasteiger partial charge in [0.15, 0.2) is 11.6 Å². The number of nitrogens with two attached hydrogens (primary N) is 1. The lowest BCUT2D eigenvalue weighted by atomic mass is 10.1. The second-order valence-electron chi connectivity index (χ2n) is 4.79. The summed E-state index contributed by atoms with van der Waals surface area (Å²) in [4.78, 5) is 2.25. The Hall–Kier alpha value is -1.17. The molecule has 0 aliphatic carbocycles. The molecule has 0 bridgehead atoms. The fourth-order valence-electron chi connectivity index (χ4n) is 2.62. The molecule has 0 saturated carbocycles. The van der Waals surface area contributed by atoms with Crippen molar-refractivity contribution in [1.29, 1.82) is 0 Å². The van der Waals surface area contributed by atoms with Crippen LogP contribution in [0, 0.1) is 5.82 Å². The number of ether oxygens (including phenoxy) is 2. The monoisotopic (exact) mass is 268 g/mol. The zero-order valence-corrected chi connectivity index (χ0v) is 11.4. The van der Waals surface area contributed by atoms with E-state index in [9.17, 15) is 4.39 Å². The quantitative estimate of drug-likeness (QED) is 0.880. The predicted molar refractivity (Wildman–Crippen MR) is 71.7 cm³/mol. The van der Waals surface area contributed by atoms with Gasteiger partial charge in [-0.15, -0.1) is 0 Å². The Morgan fingerprint density at radius 2 is 2.26 bits per heavy atom. The second kappa shape index (κ2) is 6.32. The predicted octanol–water partition coefficient (Wildman–Crippen LogP) is 1.55. The Labute approximate surface area is 113 Å². The molecule has 0 aromatic heterocycles. The smallest absolute Gasteiger partial charge is 0.165 e. The molecule has 0 amide bonds. The van der Waals surface area contributed by atoms with Crippen molar-refractivity contribution in [1.82, 2.24) is 4.90 Å². The van der Waals surface area contributed by atoms with Gasteiger partial charge in [0, 0.05) is 32.8 Å². The minimum absolute atomic E-state index is 0.0283. The van der Waals surface area contributed by atoms with Gasteiger partial charge in [-0.25, -0.2) is 4.39 Å². The van der Waals surface area contributed by atoms with Crippen molar-refractivity contribution in [3.8, 4) is 5.75 Å². The van der Waals surface area contributed by atoms with Gasteiger partial charge in [0.1, 0.15) is 0 Å². The third kappa shape index (κ3) is 3.05. The molecule has 0 radical (unpaired) electrons. The molecule has 0 spiro atoms. The van der Waals surface area contributed by atoms with Crippen molar-refractivity contribution >= 4 is 0 Å². The maximum absolute atomic E-state index is 13.8. The number of methoxy groups -OCH3 is 2. The van der Waals surface area contributed by atoms with Crippen LogP contribution in [0.15, 0.2) is 18.2 Å². The summed E-state index contributed by atoms with van der Waals surface area (Å²) in [5.41, 5.74) is 6.74. The lowest BCUT2D eigenvalue weighted by Crippen LogP contribution is -2.33. The van der Waals surface area contributed by atoms with E-state index in [0.717, 1.165) is 25.1 Å². The van der Waals surface area contributed by atoms with E-state index in [1.54, 1.807) is 13.2 Å². The minimum Gasteiger partial charge on any atom is -0.494 e. The summed E-state index contributed by atoms with van der Waals surface area (Å²) in [6, 6.07) is 5.06. The molecule has 2 rings (SSSR count). The van der Waals surface area contributed by atoms with Crippen molar-refractivity contribution in [2.75, 3.05) is 33.9 Å². The number of hydrogen-bond donors (Lipinski definition) is 1. The molecule has 1 saturated heterocycles. The molecule has 1 heterocycles. The van der Waals surface area contributed by atoms with E-state index in [0.29, 0.717) is 6.54 Å². The standard InChI is InChI=1S/C14H21FN2O2/c1-18-11-5-6-17(9-11)13(8-16)10-3-4-14(19-2)12(15)7-10/h3-4,7,11,13H,5-6,8-9,16H2,1-2H3. The number of hydrogen-bond acceptors (Lipinski definition) is 4. The average Bonchev–Trinajstić information content (AvgIpc) is 2.88. The Morgan fingerprint density at radius 1 is 1.47 bits per heavy atom. The first kappa shape index (κ1) is 14.2. The minimum atomic E-state index is -0.346. The molecule has 1 aromatic rings. The normalized spacial score (nSPS) is 21.6.